The monoisotopic (exact) mass is 136 g/mol. The number of thioether (sulfide) groups is 1. The third kappa shape index (κ3) is 1.96. The van der Waals surface area contributed by atoms with Crippen LogP contribution in [-0.2, 0) is 0 Å². The van der Waals surface area contributed by atoms with Crippen molar-refractivity contribution in [2.24, 2.45) is 0 Å². The van der Waals surface area contributed by atoms with Gasteiger partial charge < -0.3 is 0 Å². The predicted octanol–water partition coefficient (Wildman–Crippen LogP) is 2.51. The van der Waals surface area contributed by atoms with Crippen LogP contribution in [0.1, 0.15) is 0 Å². The van der Waals surface area contributed by atoms with Gasteiger partial charge >= 0.3 is 0 Å². The largest absolute Gasteiger partial charge is 0.122 e. The van der Waals surface area contributed by atoms with Gasteiger partial charge in [0.1, 0.15) is 0 Å². The second kappa shape index (κ2) is 3.39. The van der Waals surface area contributed by atoms with Crippen molar-refractivity contribution in [3.8, 4) is 0 Å². The highest BCUT2D eigenvalue weighted by Crippen LogP contribution is 2.17. The molecule has 46 valence electrons. The fourth-order valence-corrected chi connectivity index (χ4v) is 1.25. The molecule has 1 aliphatic rings. The Morgan fingerprint density at radius 1 is 1.44 bits per heavy atom. The van der Waals surface area contributed by atoms with E-state index in [2.05, 4.69) is 36.6 Å². The number of hydrogen-bond acceptors (Lipinski definition) is 1. The first-order valence-electron chi connectivity index (χ1n) is 2.78. The van der Waals surface area contributed by atoms with E-state index in [9.17, 15) is 0 Å². The molecule has 0 bridgehead atoms. The summed E-state index contributed by atoms with van der Waals surface area (Å²) in [4.78, 5) is 0. The van der Waals surface area contributed by atoms with Gasteiger partial charge in [-0.3, -0.25) is 0 Å². The molecule has 0 radical (unpaired) electrons. The summed E-state index contributed by atoms with van der Waals surface area (Å²) in [5.41, 5.74) is 2.71. The fourth-order valence-electron chi connectivity index (χ4n) is 0.629. The zero-order valence-electron chi connectivity index (χ0n) is 5.08. The number of hydrogen-bond donors (Lipinski definition) is 0. The third-order valence-electron chi connectivity index (χ3n) is 1.02. The molecule has 1 aliphatic carbocycles. The van der Waals surface area contributed by atoms with Gasteiger partial charge in [-0.25, -0.2) is 0 Å². The third-order valence-corrected chi connectivity index (χ3v) is 1.95. The van der Waals surface area contributed by atoms with Crippen LogP contribution in [0.5, 0.6) is 0 Å². The van der Waals surface area contributed by atoms with Crippen molar-refractivity contribution in [2.45, 2.75) is 5.25 Å². The van der Waals surface area contributed by atoms with Crippen molar-refractivity contribution < 1.29 is 0 Å². The SMILES string of the molecule is C=C=CSC1C=CC=C1. The smallest absolute Gasteiger partial charge is 0.0461 e. The molecule has 1 rings (SSSR count). The summed E-state index contributed by atoms with van der Waals surface area (Å²) in [5, 5.41) is 2.39. The maximum atomic E-state index is 3.47. The summed E-state index contributed by atoms with van der Waals surface area (Å²) in [6.45, 7) is 3.47. The average Bonchev–Trinajstić information content (AvgIpc) is 2.34. The normalized spacial score (nSPS) is 16.0. The topological polar surface area (TPSA) is 0 Å². The Hall–Kier alpha value is -0.650. The van der Waals surface area contributed by atoms with Crippen LogP contribution in [0.3, 0.4) is 0 Å². The van der Waals surface area contributed by atoms with Gasteiger partial charge in [-0.05, 0) is 0 Å². The summed E-state index contributed by atoms with van der Waals surface area (Å²) in [6.07, 6.45) is 8.38. The number of rotatable bonds is 2. The summed E-state index contributed by atoms with van der Waals surface area (Å²) in [6, 6.07) is 0. The highest BCUT2D eigenvalue weighted by molar-refractivity contribution is 8.03. The van der Waals surface area contributed by atoms with E-state index in [1.807, 2.05) is 5.41 Å². The minimum atomic E-state index is 0.513. The second-order valence-corrected chi connectivity index (χ2v) is 2.74. The molecule has 0 saturated heterocycles. The molecule has 0 nitrogen and oxygen atoms in total. The van der Waals surface area contributed by atoms with Gasteiger partial charge in [0.25, 0.3) is 0 Å². The zero-order chi connectivity index (χ0) is 6.53. The Morgan fingerprint density at radius 3 is 2.67 bits per heavy atom. The van der Waals surface area contributed by atoms with E-state index in [1.165, 1.54) is 0 Å². The maximum Gasteiger partial charge on any atom is 0.0461 e. The lowest BCUT2D eigenvalue weighted by Crippen LogP contribution is -1.83. The van der Waals surface area contributed by atoms with Crippen LogP contribution in [0.2, 0.25) is 0 Å². The van der Waals surface area contributed by atoms with E-state index in [1.54, 1.807) is 11.8 Å². The van der Waals surface area contributed by atoms with Gasteiger partial charge in [0.2, 0.25) is 0 Å². The van der Waals surface area contributed by atoms with Crippen LogP contribution in [-0.4, -0.2) is 5.25 Å². The first kappa shape index (κ1) is 6.47. The molecule has 0 fully saturated rings. The van der Waals surface area contributed by atoms with E-state index in [4.69, 9.17) is 0 Å². The lowest BCUT2D eigenvalue weighted by molar-refractivity contribution is 1.48. The molecule has 0 unspecified atom stereocenters. The van der Waals surface area contributed by atoms with E-state index >= 15 is 0 Å². The van der Waals surface area contributed by atoms with Gasteiger partial charge in [0.05, 0.1) is 0 Å². The highest BCUT2D eigenvalue weighted by Gasteiger charge is 1.99. The highest BCUT2D eigenvalue weighted by atomic mass is 32.2. The molecule has 1 heteroatoms. The Bertz CT molecular complexity index is 171. The summed E-state index contributed by atoms with van der Waals surface area (Å²) < 4.78 is 0. The van der Waals surface area contributed by atoms with Gasteiger partial charge in [-0.2, -0.15) is 0 Å². The molecule has 0 heterocycles. The van der Waals surface area contributed by atoms with Gasteiger partial charge in [0.15, 0.2) is 0 Å². The molecule has 0 aromatic heterocycles. The van der Waals surface area contributed by atoms with E-state index in [0.717, 1.165) is 0 Å². The molecule has 0 amide bonds. The van der Waals surface area contributed by atoms with Crippen LogP contribution in [0.25, 0.3) is 0 Å². The molecular weight excluding hydrogens is 128 g/mol. The Kier molecular flexibility index (Phi) is 2.44. The Balaban J connectivity index is 2.37. The van der Waals surface area contributed by atoms with Gasteiger partial charge in [-0.1, -0.05) is 30.9 Å². The molecule has 0 spiro atoms. The average molecular weight is 136 g/mol. The van der Waals surface area contributed by atoms with Crippen molar-refractivity contribution in [2.75, 3.05) is 0 Å². The molecule has 0 saturated carbocycles. The minimum Gasteiger partial charge on any atom is -0.122 e. The fraction of sp³-hybridized carbons (Fsp3) is 0.125. The summed E-state index contributed by atoms with van der Waals surface area (Å²) >= 11 is 1.71. The molecule has 0 aromatic rings. The summed E-state index contributed by atoms with van der Waals surface area (Å²) in [7, 11) is 0. The van der Waals surface area contributed by atoms with Gasteiger partial charge in [-0.15, -0.1) is 17.5 Å². The minimum absolute atomic E-state index is 0.513. The van der Waals surface area contributed by atoms with E-state index in [0.29, 0.717) is 5.25 Å². The second-order valence-electron chi connectivity index (χ2n) is 1.69. The first-order valence-corrected chi connectivity index (χ1v) is 3.72. The van der Waals surface area contributed by atoms with Crippen LogP contribution >= 0.6 is 11.8 Å². The Labute approximate surface area is 59.7 Å². The van der Waals surface area contributed by atoms with Crippen LogP contribution in [0.4, 0.5) is 0 Å². The first-order chi connectivity index (χ1) is 4.43. The maximum absolute atomic E-state index is 3.47. The van der Waals surface area contributed by atoms with Crippen molar-refractivity contribution in [1.82, 2.24) is 0 Å². The standard InChI is InChI=1S/C8H8S/c1-2-7-9-8-5-3-4-6-8/h3-8H,1H2. The van der Waals surface area contributed by atoms with Crippen molar-refractivity contribution in [1.29, 1.82) is 0 Å². The number of allylic oxidation sites excluding steroid dienone is 2. The van der Waals surface area contributed by atoms with Gasteiger partial charge in [0, 0.05) is 10.7 Å². The zero-order valence-corrected chi connectivity index (χ0v) is 5.90. The predicted molar refractivity (Wildman–Crippen MR) is 43.4 cm³/mol. The quantitative estimate of drug-likeness (QED) is 0.526. The Morgan fingerprint density at radius 2 is 2.11 bits per heavy atom. The molecule has 0 atom stereocenters. The molecule has 0 aromatic carbocycles. The summed E-state index contributed by atoms with van der Waals surface area (Å²) in [5.74, 6) is 0. The molecule has 9 heavy (non-hydrogen) atoms. The molecule has 0 N–H and O–H groups in total. The van der Waals surface area contributed by atoms with Crippen LogP contribution < -0.4 is 0 Å². The van der Waals surface area contributed by atoms with Crippen LogP contribution in [0, 0.1) is 0 Å². The lowest BCUT2D eigenvalue weighted by Gasteiger charge is -1.94. The lowest BCUT2D eigenvalue weighted by atomic mass is 10.5. The van der Waals surface area contributed by atoms with Crippen molar-refractivity contribution in [3.63, 3.8) is 0 Å². The van der Waals surface area contributed by atoms with Crippen molar-refractivity contribution >= 4 is 11.8 Å². The van der Waals surface area contributed by atoms with E-state index in [-0.39, 0.29) is 0 Å². The van der Waals surface area contributed by atoms with Crippen LogP contribution in [0.15, 0.2) is 42.0 Å². The molecular formula is C8H8S. The molecule has 0 aliphatic heterocycles. The van der Waals surface area contributed by atoms with Crippen molar-refractivity contribution in [3.05, 3.63) is 42.0 Å². The van der Waals surface area contributed by atoms with E-state index < -0.39 is 0 Å².